The van der Waals surface area contributed by atoms with Gasteiger partial charge in [0.25, 0.3) is 0 Å². The van der Waals surface area contributed by atoms with Crippen LogP contribution in [0.3, 0.4) is 0 Å². The molecule has 0 aliphatic heterocycles. The first-order chi connectivity index (χ1) is 11.8. The lowest BCUT2D eigenvalue weighted by Crippen LogP contribution is -1.94. The fraction of sp³-hybridized carbons (Fsp3) is 0. The molecule has 0 spiro atoms. The Morgan fingerprint density at radius 2 is 1.29 bits per heavy atom. The van der Waals surface area contributed by atoms with E-state index < -0.39 is 0 Å². The lowest BCUT2D eigenvalue weighted by Gasteiger charge is -2.10. The zero-order valence-electron chi connectivity index (χ0n) is 12.9. The van der Waals surface area contributed by atoms with Crippen LogP contribution in [-0.2, 0) is 0 Å². The number of nitrogens with zero attached hydrogens (tertiary/aromatic N) is 1. The lowest BCUT2D eigenvalue weighted by molar-refractivity contribution is 1.18. The second-order valence-electron chi connectivity index (χ2n) is 6.01. The summed E-state index contributed by atoms with van der Waals surface area (Å²) in [4.78, 5) is 0. The van der Waals surface area contributed by atoms with E-state index >= 15 is 0 Å². The monoisotopic (exact) mass is 371 g/mol. The summed E-state index contributed by atoms with van der Waals surface area (Å²) >= 11 is 3.54. The molecule has 0 aliphatic rings. The fourth-order valence-corrected chi connectivity index (χ4v) is 3.85. The fourth-order valence-electron chi connectivity index (χ4n) is 3.59. The van der Waals surface area contributed by atoms with Crippen LogP contribution < -0.4 is 0 Å². The Balaban J connectivity index is 2.05. The number of para-hydroxylation sites is 1. The van der Waals surface area contributed by atoms with Gasteiger partial charge in [0.05, 0.1) is 11.0 Å². The van der Waals surface area contributed by atoms with Gasteiger partial charge in [0.1, 0.15) is 0 Å². The summed E-state index contributed by atoms with van der Waals surface area (Å²) in [5.74, 6) is 0. The lowest BCUT2D eigenvalue weighted by atomic mass is 10.1. The maximum atomic E-state index is 3.54. The Bertz CT molecular complexity index is 1200. The number of aromatic nitrogens is 1. The molecule has 0 saturated carbocycles. The smallest absolute Gasteiger partial charge is 0.0619 e. The molecule has 0 radical (unpaired) electrons. The first-order valence-electron chi connectivity index (χ1n) is 8.00. The molecule has 0 N–H and O–H groups in total. The van der Waals surface area contributed by atoms with Crippen molar-refractivity contribution in [1.29, 1.82) is 0 Å². The molecular formula is C22H14BrN. The maximum absolute atomic E-state index is 3.54. The van der Waals surface area contributed by atoms with Gasteiger partial charge in [0.2, 0.25) is 0 Å². The largest absolute Gasteiger partial charge is 0.309 e. The highest BCUT2D eigenvalue weighted by molar-refractivity contribution is 9.10. The highest BCUT2D eigenvalue weighted by atomic mass is 79.9. The van der Waals surface area contributed by atoms with Gasteiger partial charge in [-0.15, -0.1) is 0 Å². The topological polar surface area (TPSA) is 4.93 Å². The molecule has 0 amide bonds. The second-order valence-corrected chi connectivity index (χ2v) is 6.93. The Labute approximate surface area is 148 Å². The van der Waals surface area contributed by atoms with Crippen molar-refractivity contribution in [2.75, 3.05) is 0 Å². The van der Waals surface area contributed by atoms with E-state index in [0.717, 1.165) is 4.47 Å². The highest BCUT2D eigenvalue weighted by Gasteiger charge is 2.14. The number of halogens is 1. The van der Waals surface area contributed by atoms with Crippen molar-refractivity contribution >= 4 is 48.5 Å². The minimum atomic E-state index is 1.09. The van der Waals surface area contributed by atoms with E-state index in [-0.39, 0.29) is 0 Å². The molecule has 5 rings (SSSR count). The van der Waals surface area contributed by atoms with Crippen LogP contribution in [0.2, 0.25) is 0 Å². The van der Waals surface area contributed by atoms with E-state index in [1.165, 1.54) is 38.3 Å². The summed E-state index contributed by atoms with van der Waals surface area (Å²) in [5, 5.41) is 5.15. The van der Waals surface area contributed by atoms with Gasteiger partial charge in [-0.25, -0.2) is 0 Å². The number of fused-ring (bicyclic) bond motifs is 5. The molecule has 0 fully saturated rings. The third-order valence-corrected chi connectivity index (χ3v) is 5.17. The summed E-state index contributed by atoms with van der Waals surface area (Å²) in [6.45, 7) is 0. The summed E-state index contributed by atoms with van der Waals surface area (Å²) in [6, 6.07) is 30.2. The summed E-state index contributed by atoms with van der Waals surface area (Å²) in [7, 11) is 0. The van der Waals surface area contributed by atoms with Crippen molar-refractivity contribution in [3.63, 3.8) is 0 Å². The van der Waals surface area contributed by atoms with Gasteiger partial charge in [0, 0.05) is 26.3 Å². The molecule has 5 aromatic rings. The van der Waals surface area contributed by atoms with Gasteiger partial charge < -0.3 is 4.57 Å². The zero-order chi connectivity index (χ0) is 16.1. The van der Waals surface area contributed by atoms with E-state index in [9.17, 15) is 0 Å². The van der Waals surface area contributed by atoms with Crippen LogP contribution in [0.15, 0.2) is 89.4 Å². The third-order valence-electron chi connectivity index (χ3n) is 4.64. The van der Waals surface area contributed by atoms with E-state index in [0.29, 0.717) is 0 Å². The van der Waals surface area contributed by atoms with Gasteiger partial charge in [-0.05, 0) is 35.7 Å². The number of rotatable bonds is 1. The summed E-state index contributed by atoms with van der Waals surface area (Å²) in [6.07, 6.45) is 0. The van der Waals surface area contributed by atoms with Crippen LogP contribution in [0.25, 0.3) is 38.3 Å². The SMILES string of the molecule is Brc1ccc(-n2c3ccccc3c3ccc4ccccc4c32)cc1. The molecule has 4 aromatic carbocycles. The van der Waals surface area contributed by atoms with Crippen molar-refractivity contribution in [2.24, 2.45) is 0 Å². The normalized spacial score (nSPS) is 11.5. The van der Waals surface area contributed by atoms with Crippen molar-refractivity contribution in [3.8, 4) is 5.69 Å². The van der Waals surface area contributed by atoms with Gasteiger partial charge in [-0.3, -0.25) is 0 Å². The maximum Gasteiger partial charge on any atom is 0.0619 e. The Kier molecular flexibility index (Phi) is 3.00. The second kappa shape index (κ2) is 5.22. The average Bonchev–Trinajstić information content (AvgIpc) is 2.97. The Morgan fingerprint density at radius 1 is 0.583 bits per heavy atom. The molecule has 0 atom stereocenters. The predicted molar refractivity (Wildman–Crippen MR) is 106 cm³/mol. The first kappa shape index (κ1) is 13.8. The highest BCUT2D eigenvalue weighted by Crippen LogP contribution is 2.36. The predicted octanol–water partition coefficient (Wildman–Crippen LogP) is 6.70. The average molecular weight is 372 g/mol. The molecule has 0 saturated heterocycles. The molecule has 1 aromatic heterocycles. The molecular weight excluding hydrogens is 358 g/mol. The summed E-state index contributed by atoms with van der Waals surface area (Å²) < 4.78 is 3.47. The first-order valence-corrected chi connectivity index (χ1v) is 8.79. The van der Waals surface area contributed by atoms with E-state index in [4.69, 9.17) is 0 Å². The van der Waals surface area contributed by atoms with Crippen LogP contribution in [0.4, 0.5) is 0 Å². The van der Waals surface area contributed by atoms with Crippen molar-refractivity contribution in [3.05, 3.63) is 89.4 Å². The quantitative estimate of drug-likeness (QED) is 0.309. The van der Waals surface area contributed by atoms with Crippen LogP contribution in [0.5, 0.6) is 0 Å². The van der Waals surface area contributed by atoms with Crippen LogP contribution in [0, 0.1) is 0 Å². The molecule has 114 valence electrons. The minimum Gasteiger partial charge on any atom is -0.309 e. The van der Waals surface area contributed by atoms with Gasteiger partial charge >= 0.3 is 0 Å². The van der Waals surface area contributed by atoms with E-state index in [1.54, 1.807) is 0 Å². The molecule has 0 bridgehead atoms. The van der Waals surface area contributed by atoms with E-state index in [2.05, 4.69) is 105 Å². The van der Waals surface area contributed by atoms with Crippen molar-refractivity contribution in [1.82, 2.24) is 4.57 Å². The number of benzene rings is 4. The zero-order valence-corrected chi connectivity index (χ0v) is 14.5. The van der Waals surface area contributed by atoms with Crippen LogP contribution in [0.1, 0.15) is 0 Å². The van der Waals surface area contributed by atoms with E-state index in [1.807, 2.05) is 0 Å². The van der Waals surface area contributed by atoms with Gasteiger partial charge in [0.15, 0.2) is 0 Å². The van der Waals surface area contributed by atoms with Crippen LogP contribution >= 0.6 is 15.9 Å². The molecule has 24 heavy (non-hydrogen) atoms. The molecule has 2 heteroatoms. The molecule has 0 unspecified atom stereocenters. The Morgan fingerprint density at radius 3 is 2.12 bits per heavy atom. The summed E-state index contributed by atoms with van der Waals surface area (Å²) in [5.41, 5.74) is 3.70. The van der Waals surface area contributed by atoms with Crippen LogP contribution in [-0.4, -0.2) is 4.57 Å². The Hall–Kier alpha value is -2.58. The molecule has 1 heterocycles. The molecule has 0 aliphatic carbocycles. The standard InChI is InChI=1S/C22H14BrN/c23-16-10-12-17(13-11-16)24-21-8-4-3-7-19(21)20-14-9-15-5-1-2-6-18(15)22(20)24/h1-14H. The van der Waals surface area contributed by atoms with Crippen molar-refractivity contribution < 1.29 is 0 Å². The minimum absolute atomic E-state index is 1.09. The molecule has 1 nitrogen and oxygen atoms in total. The van der Waals surface area contributed by atoms with Gasteiger partial charge in [-0.2, -0.15) is 0 Å². The third kappa shape index (κ3) is 1.93. The number of hydrogen-bond donors (Lipinski definition) is 0. The van der Waals surface area contributed by atoms with Crippen molar-refractivity contribution in [2.45, 2.75) is 0 Å². The number of hydrogen-bond acceptors (Lipinski definition) is 0. The van der Waals surface area contributed by atoms with Gasteiger partial charge in [-0.1, -0.05) is 70.5 Å².